The van der Waals surface area contributed by atoms with E-state index in [2.05, 4.69) is 25.7 Å². The van der Waals surface area contributed by atoms with E-state index < -0.39 is 70.1 Å². The van der Waals surface area contributed by atoms with Gasteiger partial charge in [0.05, 0.1) is 23.2 Å². The van der Waals surface area contributed by atoms with E-state index in [0.29, 0.717) is 17.8 Å². The van der Waals surface area contributed by atoms with Gasteiger partial charge >= 0.3 is 0 Å². The number of unbranched alkanes of at least 4 members (excludes halogenated alkanes) is 1. The third kappa shape index (κ3) is 4.21. The summed E-state index contributed by atoms with van der Waals surface area (Å²) in [7, 11) is 3.12. The summed E-state index contributed by atoms with van der Waals surface area (Å²) in [5.74, 6) is -10.8. The SMILES string of the molecule is CCCCN(c1cc(N)c(O)c2c1CC1CC3[C@H](N(C)C)C(=O)C(C(N)=O)C(=O)[C@@]3(O)C(=O)C1C2=O)C(C)CC. The van der Waals surface area contributed by atoms with Gasteiger partial charge in [0.25, 0.3) is 0 Å². The van der Waals surface area contributed by atoms with Crippen LogP contribution >= 0.6 is 0 Å². The molecule has 11 nitrogen and oxygen atoms in total. The molecule has 0 aliphatic heterocycles. The van der Waals surface area contributed by atoms with Gasteiger partial charge in [0.15, 0.2) is 34.7 Å². The maximum absolute atomic E-state index is 14.0. The maximum Gasteiger partial charge on any atom is 0.235 e. The molecule has 3 aliphatic carbocycles. The van der Waals surface area contributed by atoms with Gasteiger partial charge in [-0.05, 0) is 64.3 Å². The van der Waals surface area contributed by atoms with E-state index in [-0.39, 0.29) is 30.1 Å². The van der Waals surface area contributed by atoms with Crippen molar-refractivity contribution in [2.45, 2.75) is 70.6 Å². The smallest absolute Gasteiger partial charge is 0.235 e. The third-order valence-electron chi connectivity index (χ3n) is 9.25. The topological polar surface area (TPSA) is 184 Å². The van der Waals surface area contributed by atoms with Gasteiger partial charge in [0, 0.05) is 24.2 Å². The Labute approximate surface area is 233 Å². The van der Waals surface area contributed by atoms with Crippen molar-refractivity contribution in [3.05, 3.63) is 17.2 Å². The van der Waals surface area contributed by atoms with Gasteiger partial charge in [0.1, 0.15) is 5.75 Å². The highest BCUT2D eigenvalue weighted by atomic mass is 16.3. The van der Waals surface area contributed by atoms with Gasteiger partial charge in [-0.2, -0.15) is 0 Å². The molecule has 4 rings (SSSR count). The lowest BCUT2D eigenvalue weighted by atomic mass is 9.52. The normalized spacial score (nSPS) is 30.5. The number of ketones is 4. The van der Waals surface area contributed by atoms with Crippen LogP contribution in [0.4, 0.5) is 11.4 Å². The minimum Gasteiger partial charge on any atom is -0.505 e. The number of Topliss-reactive ketones (excluding diaryl/α,β-unsaturated/α-hetero) is 4. The van der Waals surface area contributed by atoms with E-state index in [0.717, 1.165) is 19.3 Å². The predicted molar refractivity (Wildman–Crippen MR) is 148 cm³/mol. The number of anilines is 2. The zero-order valence-electron chi connectivity index (χ0n) is 23.8. The molecule has 0 bridgehead atoms. The quantitative estimate of drug-likeness (QED) is 0.203. The first-order chi connectivity index (χ1) is 18.7. The summed E-state index contributed by atoms with van der Waals surface area (Å²) in [4.78, 5) is 70.5. The van der Waals surface area contributed by atoms with Gasteiger partial charge in [-0.15, -0.1) is 0 Å². The second-order valence-electron chi connectivity index (χ2n) is 11.8. The highest BCUT2D eigenvalue weighted by Crippen LogP contribution is 2.52. The molecule has 5 unspecified atom stereocenters. The maximum atomic E-state index is 14.0. The van der Waals surface area contributed by atoms with E-state index in [1.807, 2.05) is 0 Å². The van der Waals surface area contributed by atoms with Gasteiger partial charge < -0.3 is 26.6 Å². The Morgan fingerprint density at radius 2 is 1.82 bits per heavy atom. The van der Waals surface area contributed by atoms with E-state index in [1.54, 1.807) is 20.2 Å². The van der Waals surface area contributed by atoms with Crippen molar-refractivity contribution in [2.75, 3.05) is 31.3 Å². The first-order valence-corrected chi connectivity index (χ1v) is 14.0. The number of phenolic OH excluding ortho intramolecular Hbond substituents is 1. The summed E-state index contributed by atoms with van der Waals surface area (Å²) in [5.41, 5.74) is 9.99. The highest BCUT2D eigenvalue weighted by molar-refractivity contribution is 6.32. The van der Waals surface area contributed by atoms with Gasteiger partial charge in [-0.3, -0.25) is 28.9 Å². The van der Waals surface area contributed by atoms with Crippen LogP contribution in [0.15, 0.2) is 6.07 Å². The number of likely N-dealkylation sites (N-methyl/N-ethyl adjacent to an activating group) is 1. The molecule has 2 fully saturated rings. The number of nitrogens with two attached hydrogens (primary N) is 2. The summed E-state index contributed by atoms with van der Waals surface area (Å²) < 4.78 is 0. The van der Waals surface area contributed by atoms with Crippen molar-refractivity contribution in [1.82, 2.24) is 4.90 Å². The largest absolute Gasteiger partial charge is 0.505 e. The molecule has 7 atom stereocenters. The lowest BCUT2D eigenvalue weighted by molar-refractivity contribution is -0.181. The van der Waals surface area contributed by atoms with Crippen molar-refractivity contribution < 1.29 is 34.2 Å². The zero-order valence-corrected chi connectivity index (χ0v) is 23.8. The summed E-state index contributed by atoms with van der Waals surface area (Å²) in [6.45, 7) is 6.90. The summed E-state index contributed by atoms with van der Waals surface area (Å²) in [6.07, 6.45) is 2.87. The Hall–Kier alpha value is -3.31. The van der Waals surface area contributed by atoms with Crippen LogP contribution < -0.4 is 16.4 Å². The molecule has 2 saturated carbocycles. The average molecular weight is 557 g/mol. The molecule has 0 radical (unpaired) electrons. The molecule has 0 spiro atoms. The van der Waals surface area contributed by atoms with Crippen molar-refractivity contribution in [3.63, 3.8) is 0 Å². The fourth-order valence-corrected chi connectivity index (χ4v) is 7.06. The molecule has 3 aliphatic rings. The van der Waals surface area contributed by atoms with Crippen LogP contribution in [0.2, 0.25) is 0 Å². The number of amides is 1. The van der Waals surface area contributed by atoms with Crippen LogP contribution in [-0.2, 0) is 25.6 Å². The number of aromatic hydroxyl groups is 1. The lowest BCUT2D eigenvalue weighted by Crippen LogP contribution is -2.74. The second-order valence-corrected chi connectivity index (χ2v) is 11.8. The van der Waals surface area contributed by atoms with Crippen molar-refractivity contribution in [1.29, 1.82) is 0 Å². The number of primary amides is 1. The molecule has 11 heteroatoms. The first kappa shape index (κ1) is 29.7. The Morgan fingerprint density at radius 1 is 1.18 bits per heavy atom. The van der Waals surface area contributed by atoms with E-state index in [9.17, 15) is 34.2 Å². The minimum atomic E-state index is -2.75. The average Bonchev–Trinajstić information content (AvgIpc) is 2.88. The first-order valence-electron chi connectivity index (χ1n) is 14.0. The Bertz CT molecular complexity index is 1280. The molecule has 1 aromatic rings. The highest BCUT2D eigenvalue weighted by Gasteiger charge is 2.69. The molecule has 6 N–H and O–H groups in total. The van der Waals surface area contributed by atoms with Crippen molar-refractivity contribution in [2.24, 2.45) is 29.4 Å². The van der Waals surface area contributed by atoms with E-state index in [4.69, 9.17) is 11.5 Å². The fraction of sp³-hybridized carbons (Fsp3) is 0.621. The van der Waals surface area contributed by atoms with Crippen LogP contribution in [0.3, 0.4) is 0 Å². The molecule has 0 saturated heterocycles. The van der Waals surface area contributed by atoms with Crippen LogP contribution in [0, 0.1) is 23.7 Å². The number of phenols is 1. The van der Waals surface area contributed by atoms with Crippen LogP contribution in [0.25, 0.3) is 0 Å². The zero-order chi connectivity index (χ0) is 29.8. The molecular formula is C29H40N4O7. The third-order valence-corrected chi connectivity index (χ3v) is 9.25. The lowest BCUT2D eigenvalue weighted by Gasteiger charge is -2.52. The van der Waals surface area contributed by atoms with Gasteiger partial charge in [-0.25, -0.2) is 0 Å². The molecule has 1 aromatic carbocycles. The molecule has 40 heavy (non-hydrogen) atoms. The molecule has 1 amide bonds. The number of carbonyl (C=O) groups is 5. The molecule has 0 heterocycles. The number of rotatable bonds is 8. The monoisotopic (exact) mass is 556 g/mol. The van der Waals surface area contributed by atoms with Crippen molar-refractivity contribution in [3.8, 4) is 5.75 Å². The van der Waals surface area contributed by atoms with E-state index in [1.165, 1.54) is 4.90 Å². The number of carbonyl (C=O) groups excluding carboxylic acids is 5. The van der Waals surface area contributed by atoms with Gasteiger partial charge in [-0.1, -0.05) is 20.3 Å². The van der Waals surface area contributed by atoms with Crippen LogP contribution in [0.5, 0.6) is 5.75 Å². The Balaban J connectivity index is 1.89. The standard InChI is InChI=1S/C29H40N4O7/c1-6-8-9-33(13(3)7-2)18-12-17(30)23(34)20-15(18)10-14-11-16-22(32(4)5)25(36)21(28(31)39)27(38)29(16,40)26(37)19(14)24(20)35/h12-14,16,19,21-22,34,40H,6-11,30H2,1-5H3,(H2,31,39)/t13?,14?,16?,19?,21?,22-,29-/m0/s1. The number of fused-ring (bicyclic) bond motifs is 3. The fourth-order valence-electron chi connectivity index (χ4n) is 7.06. The number of nitrogens with zero attached hydrogens (tertiary/aromatic N) is 2. The summed E-state index contributed by atoms with van der Waals surface area (Å²) in [6, 6.07) is 0.628. The molecule has 218 valence electrons. The Kier molecular flexibility index (Phi) is 7.85. The Morgan fingerprint density at radius 3 is 2.38 bits per heavy atom. The number of hydrogen-bond acceptors (Lipinski definition) is 10. The van der Waals surface area contributed by atoms with Gasteiger partial charge in [0.2, 0.25) is 5.91 Å². The van der Waals surface area contributed by atoms with E-state index >= 15 is 0 Å². The number of benzene rings is 1. The number of aliphatic hydroxyl groups is 1. The summed E-state index contributed by atoms with van der Waals surface area (Å²) >= 11 is 0. The summed E-state index contributed by atoms with van der Waals surface area (Å²) in [5, 5.41) is 22.7. The van der Waals surface area contributed by atoms with Crippen LogP contribution in [0.1, 0.15) is 62.4 Å². The van der Waals surface area contributed by atoms with Crippen LogP contribution in [-0.4, -0.2) is 82.5 Å². The minimum absolute atomic E-state index is 0.00671. The van der Waals surface area contributed by atoms with Crippen molar-refractivity contribution >= 4 is 40.4 Å². The number of hydrogen-bond donors (Lipinski definition) is 4. The predicted octanol–water partition coefficient (Wildman–Crippen LogP) is 0.854. The number of nitrogen functional groups attached to an aromatic ring is 1. The molecular weight excluding hydrogens is 516 g/mol. The second kappa shape index (κ2) is 10.6. The molecule has 0 aromatic heterocycles.